The molecule has 0 aliphatic rings. The number of methoxy groups -OCH3 is 1. The first-order valence-electron chi connectivity index (χ1n) is 8.17. The van der Waals surface area contributed by atoms with Crippen LogP contribution in [0.25, 0.3) is 0 Å². The molecule has 0 bridgehead atoms. The van der Waals surface area contributed by atoms with Crippen molar-refractivity contribution in [3.63, 3.8) is 0 Å². The molecule has 8 nitrogen and oxygen atoms in total. The molecule has 0 unspecified atom stereocenters. The lowest BCUT2D eigenvalue weighted by Crippen LogP contribution is -2.40. The Morgan fingerprint density at radius 1 is 1.19 bits per heavy atom. The largest absolute Gasteiger partial charge is 0.497 e. The van der Waals surface area contributed by atoms with E-state index in [2.05, 4.69) is 10.6 Å². The molecule has 0 aliphatic carbocycles. The van der Waals surface area contributed by atoms with Gasteiger partial charge in [-0.1, -0.05) is 6.07 Å². The van der Waals surface area contributed by atoms with Crippen LogP contribution in [0.15, 0.2) is 48.5 Å². The molecule has 0 fully saturated rings. The van der Waals surface area contributed by atoms with Crippen LogP contribution in [0.5, 0.6) is 5.75 Å². The molecule has 0 heterocycles. The number of nitro benzene ring substituents is 1. The summed E-state index contributed by atoms with van der Waals surface area (Å²) in [6.45, 7) is 2.46. The number of anilines is 2. The Kier molecular flexibility index (Phi) is 7.07. The van der Waals surface area contributed by atoms with Crippen molar-refractivity contribution in [1.82, 2.24) is 4.90 Å². The number of nitrogens with zero attached hydrogens (tertiary/aromatic N) is 2. The Morgan fingerprint density at radius 3 is 2.48 bits per heavy atom. The standard InChI is InChI=1S/C18H20N4O4S/c1-3-21(12-17(23)19-14-5-4-6-16(11-14)26-2)18(27)20-13-7-9-15(10-8-13)22(24)25/h4-11H,3,12H2,1-2H3,(H,19,23)(H,20,27). The molecule has 9 heteroatoms. The summed E-state index contributed by atoms with van der Waals surface area (Å²) >= 11 is 5.34. The fraction of sp³-hybridized carbons (Fsp3) is 0.222. The van der Waals surface area contributed by atoms with Crippen LogP contribution < -0.4 is 15.4 Å². The molecule has 0 aromatic heterocycles. The number of carbonyl (C=O) groups excluding carboxylic acids is 1. The smallest absolute Gasteiger partial charge is 0.269 e. The van der Waals surface area contributed by atoms with Gasteiger partial charge in [-0.25, -0.2) is 0 Å². The van der Waals surface area contributed by atoms with E-state index in [0.29, 0.717) is 28.8 Å². The molecule has 0 saturated carbocycles. The summed E-state index contributed by atoms with van der Waals surface area (Å²) in [5, 5.41) is 16.8. The number of hydrogen-bond acceptors (Lipinski definition) is 5. The summed E-state index contributed by atoms with van der Waals surface area (Å²) in [7, 11) is 1.56. The first kappa shape index (κ1) is 20.1. The van der Waals surface area contributed by atoms with Crippen molar-refractivity contribution in [2.45, 2.75) is 6.92 Å². The van der Waals surface area contributed by atoms with Gasteiger partial charge in [0, 0.05) is 36.1 Å². The lowest BCUT2D eigenvalue weighted by molar-refractivity contribution is -0.384. The number of thiocarbonyl (C=S) groups is 1. The van der Waals surface area contributed by atoms with Crippen molar-refractivity contribution in [2.24, 2.45) is 0 Å². The molecule has 0 atom stereocenters. The lowest BCUT2D eigenvalue weighted by atomic mass is 10.3. The van der Waals surface area contributed by atoms with Gasteiger partial charge in [0.2, 0.25) is 5.91 Å². The monoisotopic (exact) mass is 388 g/mol. The van der Waals surface area contributed by atoms with Crippen LogP contribution in [-0.4, -0.2) is 41.0 Å². The second-order valence-electron chi connectivity index (χ2n) is 5.53. The molecule has 0 aliphatic heterocycles. The number of ether oxygens (including phenoxy) is 1. The summed E-state index contributed by atoms with van der Waals surface area (Å²) in [6.07, 6.45) is 0. The zero-order valence-corrected chi connectivity index (χ0v) is 15.8. The molecule has 2 rings (SSSR count). The van der Waals surface area contributed by atoms with Gasteiger partial charge in [0.1, 0.15) is 5.75 Å². The maximum absolute atomic E-state index is 12.3. The Morgan fingerprint density at radius 2 is 1.89 bits per heavy atom. The van der Waals surface area contributed by atoms with E-state index >= 15 is 0 Å². The summed E-state index contributed by atoms with van der Waals surface area (Å²) in [4.78, 5) is 24.2. The number of amides is 1. The predicted octanol–water partition coefficient (Wildman–Crippen LogP) is 3.26. The number of carbonyl (C=O) groups is 1. The molecule has 142 valence electrons. The van der Waals surface area contributed by atoms with Crippen molar-refractivity contribution in [2.75, 3.05) is 30.8 Å². The van der Waals surface area contributed by atoms with E-state index in [0.717, 1.165) is 0 Å². The highest BCUT2D eigenvalue weighted by Gasteiger charge is 2.14. The maximum Gasteiger partial charge on any atom is 0.269 e. The van der Waals surface area contributed by atoms with E-state index in [1.165, 1.54) is 12.1 Å². The molecular weight excluding hydrogens is 368 g/mol. The molecule has 2 aromatic carbocycles. The van der Waals surface area contributed by atoms with E-state index in [-0.39, 0.29) is 18.1 Å². The van der Waals surface area contributed by atoms with Gasteiger partial charge in [0.25, 0.3) is 5.69 Å². The number of rotatable bonds is 7. The first-order valence-corrected chi connectivity index (χ1v) is 8.58. The minimum absolute atomic E-state index is 0.00326. The average molecular weight is 388 g/mol. The molecular formula is C18H20N4O4S. The Balaban J connectivity index is 1.95. The summed E-state index contributed by atoms with van der Waals surface area (Å²) in [5.74, 6) is 0.424. The van der Waals surface area contributed by atoms with Crippen LogP contribution in [0.1, 0.15) is 6.92 Å². The third-order valence-corrected chi connectivity index (χ3v) is 4.05. The number of nitrogens with one attached hydrogen (secondary N) is 2. The minimum atomic E-state index is -0.469. The number of non-ortho nitro benzene ring substituents is 1. The third-order valence-electron chi connectivity index (χ3n) is 3.69. The molecule has 0 radical (unpaired) electrons. The quantitative estimate of drug-likeness (QED) is 0.427. The predicted molar refractivity (Wildman–Crippen MR) is 108 cm³/mol. The normalized spacial score (nSPS) is 10.0. The number of hydrogen-bond donors (Lipinski definition) is 2. The second-order valence-corrected chi connectivity index (χ2v) is 5.92. The highest BCUT2D eigenvalue weighted by Crippen LogP contribution is 2.17. The van der Waals surface area contributed by atoms with Crippen molar-refractivity contribution in [3.05, 3.63) is 58.6 Å². The first-order chi connectivity index (χ1) is 12.9. The van der Waals surface area contributed by atoms with Crippen molar-refractivity contribution in [3.8, 4) is 5.75 Å². The van der Waals surface area contributed by atoms with Gasteiger partial charge in [-0.05, 0) is 43.4 Å². The van der Waals surface area contributed by atoms with Gasteiger partial charge < -0.3 is 20.3 Å². The fourth-order valence-corrected chi connectivity index (χ4v) is 2.58. The second kappa shape index (κ2) is 9.48. The van der Waals surface area contributed by atoms with E-state index < -0.39 is 4.92 Å². The molecule has 0 spiro atoms. The minimum Gasteiger partial charge on any atom is -0.497 e. The van der Waals surface area contributed by atoms with E-state index in [1.54, 1.807) is 48.4 Å². The average Bonchev–Trinajstić information content (AvgIpc) is 2.66. The Bertz CT molecular complexity index is 826. The fourth-order valence-electron chi connectivity index (χ4n) is 2.27. The maximum atomic E-state index is 12.3. The van der Waals surface area contributed by atoms with E-state index in [4.69, 9.17) is 17.0 Å². The third kappa shape index (κ3) is 5.93. The lowest BCUT2D eigenvalue weighted by Gasteiger charge is -2.23. The van der Waals surface area contributed by atoms with Crippen molar-refractivity contribution < 1.29 is 14.5 Å². The van der Waals surface area contributed by atoms with Crippen LogP contribution >= 0.6 is 12.2 Å². The number of likely N-dealkylation sites (N-methyl/N-ethyl adjacent to an activating group) is 1. The van der Waals surface area contributed by atoms with Crippen molar-refractivity contribution >= 4 is 40.3 Å². The van der Waals surface area contributed by atoms with Crippen LogP contribution in [0, 0.1) is 10.1 Å². The number of nitro groups is 1. The topological polar surface area (TPSA) is 96.7 Å². The zero-order valence-electron chi connectivity index (χ0n) is 15.0. The zero-order chi connectivity index (χ0) is 19.8. The van der Waals surface area contributed by atoms with Crippen LogP contribution in [0.2, 0.25) is 0 Å². The van der Waals surface area contributed by atoms with Gasteiger partial charge in [0.15, 0.2) is 5.11 Å². The van der Waals surface area contributed by atoms with Gasteiger partial charge in [-0.2, -0.15) is 0 Å². The van der Waals surface area contributed by atoms with Crippen LogP contribution in [0.3, 0.4) is 0 Å². The highest BCUT2D eigenvalue weighted by molar-refractivity contribution is 7.80. The summed E-state index contributed by atoms with van der Waals surface area (Å²) < 4.78 is 5.13. The van der Waals surface area contributed by atoms with Gasteiger partial charge in [0.05, 0.1) is 18.6 Å². The van der Waals surface area contributed by atoms with Crippen molar-refractivity contribution in [1.29, 1.82) is 0 Å². The SMILES string of the molecule is CCN(CC(=O)Nc1cccc(OC)c1)C(=S)Nc1ccc([N+](=O)[O-])cc1. The Labute approximate surface area is 162 Å². The van der Waals surface area contributed by atoms with Gasteiger partial charge in [-0.3, -0.25) is 14.9 Å². The summed E-state index contributed by atoms with van der Waals surface area (Å²) in [5.41, 5.74) is 1.23. The van der Waals surface area contributed by atoms with Crippen LogP contribution in [0.4, 0.5) is 17.1 Å². The molecule has 27 heavy (non-hydrogen) atoms. The summed E-state index contributed by atoms with van der Waals surface area (Å²) in [6, 6.07) is 13.0. The van der Waals surface area contributed by atoms with Crippen LogP contribution in [-0.2, 0) is 4.79 Å². The van der Waals surface area contributed by atoms with Gasteiger partial charge >= 0.3 is 0 Å². The Hall–Kier alpha value is -3.20. The van der Waals surface area contributed by atoms with E-state index in [9.17, 15) is 14.9 Å². The van der Waals surface area contributed by atoms with E-state index in [1.807, 2.05) is 6.92 Å². The molecule has 2 aromatic rings. The molecule has 1 amide bonds. The highest BCUT2D eigenvalue weighted by atomic mass is 32.1. The number of benzene rings is 2. The molecule has 0 saturated heterocycles. The molecule has 2 N–H and O–H groups in total. The van der Waals surface area contributed by atoms with Gasteiger partial charge in [-0.15, -0.1) is 0 Å².